The number of Topliss-reactive ketones (excluding diaryl/α,β-unsaturated/α-hetero) is 1. The molecule has 2 heterocycles. The number of ether oxygens (including phenoxy) is 1. The van der Waals surface area contributed by atoms with Gasteiger partial charge < -0.3 is 9.64 Å². The molecule has 0 aromatic heterocycles. The minimum Gasteiger partial charge on any atom is -0.491 e. The molecule has 4 aliphatic carbocycles. The Kier molecular flexibility index (Phi) is 5.47. The molecule has 3 atom stereocenters. The molecule has 6 aliphatic rings. The summed E-state index contributed by atoms with van der Waals surface area (Å²) in [6, 6.07) is 19.8. The van der Waals surface area contributed by atoms with Gasteiger partial charge in [-0.15, -0.1) is 0 Å². The second-order valence-electron chi connectivity index (χ2n) is 13.1. The van der Waals surface area contributed by atoms with E-state index in [1.54, 1.807) is 0 Å². The number of ketones is 1. The molecule has 8 rings (SSSR count). The van der Waals surface area contributed by atoms with Gasteiger partial charge in [0.2, 0.25) is 0 Å². The number of hydrogen-bond donors (Lipinski definition) is 0. The van der Waals surface area contributed by atoms with Crippen LogP contribution in [0.3, 0.4) is 0 Å². The van der Waals surface area contributed by atoms with Crippen LogP contribution < -0.4 is 9.64 Å². The molecule has 0 N–H and O–H groups in total. The first-order chi connectivity index (χ1) is 18.9. The second kappa shape index (κ2) is 8.72. The Morgan fingerprint density at radius 3 is 2.15 bits per heavy atom. The summed E-state index contributed by atoms with van der Waals surface area (Å²) in [6.45, 7) is 3.98. The molecule has 2 aromatic carbocycles. The number of anilines is 1. The van der Waals surface area contributed by atoms with E-state index in [0.29, 0.717) is 17.8 Å². The first kappa shape index (κ1) is 24.5. The van der Waals surface area contributed by atoms with E-state index in [-0.39, 0.29) is 17.3 Å². The Morgan fingerprint density at radius 2 is 1.56 bits per heavy atom. The first-order valence-corrected chi connectivity index (χ1v) is 14.6. The zero-order valence-electron chi connectivity index (χ0n) is 22.7. The zero-order chi connectivity index (χ0) is 26.9. The van der Waals surface area contributed by atoms with Crippen LogP contribution in [0.4, 0.5) is 5.69 Å². The largest absolute Gasteiger partial charge is 0.491 e. The van der Waals surface area contributed by atoms with Crippen molar-refractivity contribution < 1.29 is 9.53 Å². The summed E-state index contributed by atoms with van der Waals surface area (Å²) in [7, 11) is 0. The van der Waals surface area contributed by atoms with Crippen LogP contribution in [0.5, 0.6) is 5.75 Å². The fourth-order valence-electron chi connectivity index (χ4n) is 9.36. The van der Waals surface area contributed by atoms with Crippen molar-refractivity contribution in [2.75, 3.05) is 4.90 Å². The first-order valence-electron chi connectivity index (χ1n) is 14.6. The lowest BCUT2D eigenvalue weighted by Crippen LogP contribution is -2.56. The highest BCUT2D eigenvalue weighted by Crippen LogP contribution is 2.63. The molecule has 0 amide bonds. The van der Waals surface area contributed by atoms with Crippen molar-refractivity contribution in [2.45, 2.75) is 76.5 Å². The van der Waals surface area contributed by atoms with E-state index in [0.717, 1.165) is 41.8 Å². The molecule has 0 radical (unpaired) electrons. The van der Waals surface area contributed by atoms with Crippen LogP contribution >= 0.6 is 0 Å². The second-order valence-corrected chi connectivity index (χ2v) is 13.1. The highest BCUT2D eigenvalue weighted by atomic mass is 16.5. The lowest BCUT2D eigenvalue weighted by Gasteiger charge is -2.57. The average Bonchev–Trinajstić information content (AvgIpc) is 3.23. The third-order valence-corrected chi connectivity index (χ3v) is 10.4. The topological polar surface area (TPSA) is 77.1 Å². The van der Waals surface area contributed by atoms with Gasteiger partial charge in [-0.25, -0.2) is 0 Å². The summed E-state index contributed by atoms with van der Waals surface area (Å²) in [5.41, 5.74) is 1.10. The molecular formula is C34H35N3O2. The Labute approximate surface area is 231 Å². The molecule has 5 nitrogen and oxygen atoms in total. The van der Waals surface area contributed by atoms with Gasteiger partial charge in [0.15, 0.2) is 11.2 Å². The van der Waals surface area contributed by atoms with E-state index < -0.39 is 23.4 Å². The van der Waals surface area contributed by atoms with Gasteiger partial charge in [0, 0.05) is 17.0 Å². The van der Waals surface area contributed by atoms with Gasteiger partial charge in [-0.05, 0) is 99.5 Å². The van der Waals surface area contributed by atoms with Crippen molar-refractivity contribution >= 4 is 17.5 Å². The van der Waals surface area contributed by atoms with Crippen molar-refractivity contribution in [1.29, 1.82) is 10.5 Å². The zero-order valence-corrected chi connectivity index (χ0v) is 22.7. The number of hydrogen-bond acceptors (Lipinski definition) is 5. The summed E-state index contributed by atoms with van der Waals surface area (Å²) < 4.78 is 5.90. The molecule has 0 spiro atoms. The fourth-order valence-corrected chi connectivity index (χ4v) is 9.36. The van der Waals surface area contributed by atoms with Crippen molar-refractivity contribution in [3.05, 3.63) is 65.7 Å². The van der Waals surface area contributed by atoms with Crippen LogP contribution in [0, 0.1) is 51.2 Å². The number of carbonyl (C=O) groups is 1. The molecular weight excluding hydrogens is 482 g/mol. The summed E-state index contributed by atoms with van der Waals surface area (Å²) in [5, 5.41) is 21.5. The Morgan fingerprint density at radius 1 is 0.949 bits per heavy atom. The fraction of sp³-hybridized carbons (Fsp3) is 0.500. The minimum absolute atomic E-state index is 0.0423. The maximum Gasteiger partial charge on any atom is 0.176 e. The number of carbonyl (C=O) groups excluding carboxylic acids is 1. The lowest BCUT2D eigenvalue weighted by molar-refractivity contribution is -0.145. The quantitative estimate of drug-likeness (QED) is 0.443. The molecule has 2 aromatic rings. The van der Waals surface area contributed by atoms with Crippen LogP contribution in [0.15, 0.2) is 54.6 Å². The molecule has 39 heavy (non-hydrogen) atoms. The van der Waals surface area contributed by atoms with Gasteiger partial charge in [0.25, 0.3) is 0 Å². The highest BCUT2D eigenvalue weighted by Gasteiger charge is 2.66. The molecule has 1 saturated heterocycles. The van der Waals surface area contributed by atoms with E-state index in [9.17, 15) is 10.5 Å². The minimum atomic E-state index is -1.40. The highest BCUT2D eigenvalue weighted by molar-refractivity contribution is 5.97. The van der Waals surface area contributed by atoms with Crippen molar-refractivity contribution in [1.82, 2.24) is 0 Å². The van der Waals surface area contributed by atoms with Crippen LogP contribution in [-0.4, -0.2) is 24.0 Å². The summed E-state index contributed by atoms with van der Waals surface area (Å²) in [6.07, 6.45) is 10.7. The molecule has 0 unspecified atom stereocenters. The Hall–Kier alpha value is -3.57. The van der Waals surface area contributed by atoms with E-state index in [2.05, 4.69) is 23.1 Å². The Balaban J connectivity index is 1.40. The van der Waals surface area contributed by atoms with E-state index in [4.69, 9.17) is 4.74 Å². The molecule has 5 fully saturated rings. The predicted molar refractivity (Wildman–Crippen MR) is 150 cm³/mol. The van der Waals surface area contributed by atoms with Gasteiger partial charge in [-0.3, -0.25) is 4.79 Å². The number of benzene rings is 2. The lowest BCUT2D eigenvalue weighted by atomic mass is 9.47. The maximum absolute atomic E-state index is 15.2. The normalized spacial score (nSPS) is 34.7. The number of nitrogens with zero attached hydrogens (tertiary/aromatic N) is 3. The standard InChI is InChI=1S/C34H35N3O2/c1-21(2)39-27-10-7-26(8-11-27)30-31(32(38)33-16-22-13-23(17-33)15-24(14-22)18-33)37-28-6-4-3-5-25(28)9-12-29(37)34(30,19-35)20-36/h3-12,21-24,29-31H,13-18H2,1-2H3/t22?,23?,24?,29-,30+,31-,33?/m0/s1. The number of fused-ring (bicyclic) bond motifs is 3. The smallest absolute Gasteiger partial charge is 0.176 e. The van der Waals surface area contributed by atoms with Crippen LogP contribution in [-0.2, 0) is 4.79 Å². The van der Waals surface area contributed by atoms with Gasteiger partial charge in [-0.1, -0.05) is 42.5 Å². The van der Waals surface area contributed by atoms with Gasteiger partial charge in [0.05, 0.1) is 30.3 Å². The SMILES string of the molecule is CC(C)Oc1ccc([C@@H]2[C@@H](C(=O)C34CC5CC(CC(C5)C3)C4)N3c4ccccc4C=C[C@H]3C2(C#N)C#N)cc1. The third-order valence-electron chi connectivity index (χ3n) is 10.4. The van der Waals surface area contributed by atoms with Gasteiger partial charge in [0.1, 0.15) is 5.75 Å². The van der Waals surface area contributed by atoms with Gasteiger partial charge >= 0.3 is 0 Å². The maximum atomic E-state index is 15.2. The third kappa shape index (κ3) is 3.52. The summed E-state index contributed by atoms with van der Waals surface area (Å²) >= 11 is 0. The number of para-hydroxylation sites is 1. The molecule has 198 valence electrons. The van der Waals surface area contributed by atoms with E-state index in [1.165, 1.54) is 19.3 Å². The van der Waals surface area contributed by atoms with Crippen molar-refractivity contribution in [3.8, 4) is 17.9 Å². The van der Waals surface area contributed by atoms with E-state index >= 15 is 4.79 Å². The summed E-state index contributed by atoms with van der Waals surface area (Å²) in [4.78, 5) is 17.3. The average molecular weight is 518 g/mol. The number of rotatable bonds is 5. The van der Waals surface area contributed by atoms with Crippen LogP contribution in [0.2, 0.25) is 0 Å². The van der Waals surface area contributed by atoms with Crippen LogP contribution in [0.1, 0.15) is 69.4 Å². The van der Waals surface area contributed by atoms with E-state index in [1.807, 2.05) is 68.5 Å². The summed E-state index contributed by atoms with van der Waals surface area (Å²) in [5.74, 6) is 2.34. The Bertz CT molecular complexity index is 1380. The molecule has 2 aliphatic heterocycles. The molecule has 4 bridgehead atoms. The van der Waals surface area contributed by atoms with Crippen LogP contribution in [0.25, 0.3) is 6.08 Å². The van der Waals surface area contributed by atoms with Gasteiger partial charge in [-0.2, -0.15) is 10.5 Å². The monoisotopic (exact) mass is 517 g/mol. The van der Waals surface area contributed by atoms with Crippen molar-refractivity contribution in [2.24, 2.45) is 28.6 Å². The number of nitriles is 2. The predicted octanol–water partition coefficient (Wildman–Crippen LogP) is 6.66. The molecule has 5 heteroatoms. The van der Waals surface area contributed by atoms with Crippen molar-refractivity contribution in [3.63, 3.8) is 0 Å². The molecule has 4 saturated carbocycles.